The molecule has 3 N–H and O–H groups in total. The van der Waals surface area contributed by atoms with Gasteiger partial charge in [0.15, 0.2) is 0 Å². The van der Waals surface area contributed by atoms with Crippen LogP contribution in [0.15, 0.2) is 23.1 Å². The van der Waals surface area contributed by atoms with Crippen LogP contribution in [0.2, 0.25) is 0 Å². The van der Waals surface area contributed by atoms with Crippen LogP contribution in [0.1, 0.15) is 5.56 Å². The molecule has 2 aromatic heterocycles. The molecule has 0 amide bonds. The summed E-state index contributed by atoms with van der Waals surface area (Å²) in [6.45, 7) is 1.26. The fraction of sp³-hybridized carbons (Fsp3) is 0.250. The molecule has 88 valence electrons. The van der Waals surface area contributed by atoms with E-state index in [1.54, 1.807) is 12.4 Å². The van der Waals surface area contributed by atoms with Gasteiger partial charge in [-0.15, -0.1) is 0 Å². The highest BCUT2D eigenvalue weighted by atomic mass is 79.9. The average Bonchev–Trinajstić information content (AvgIpc) is 2.74. The number of rotatable bonds is 3. The summed E-state index contributed by atoms with van der Waals surface area (Å²) in [6.07, 6.45) is 5.40. The maximum absolute atomic E-state index is 8.60. The smallest absolute Gasteiger partial charge is 0.0664 e. The van der Waals surface area contributed by atoms with Gasteiger partial charge in [0.25, 0.3) is 0 Å². The number of aliphatic hydroxyl groups excluding tert-OH is 1. The first-order chi connectivity index (χ1) is 8.33. The van der Waals surface area contributed by atoms with Crippen LogP contribution in [0.5, 0.6) is 0 Å². The summed E-state index contributed by atoms with van der Waals surface area (Å²) in [5, 5.41) is 12.7. The second-order valence-corrected chi connectivity index (χ2v) is 4.30. The number of aromatic amines is 1. The lowest BCUT2D eigenvalue weighted by Gasteiger charge is -1.94. The Kier molecular flexibility index (Phi) is 4.15. The van der Waals surface area contributed by atoms with Crippen LogP contribution in [0.3, 0.4) is 0 Å². The van der Waals surface area contributed by atoms with E-state index in [2.05, 4.69) is 43.1 Å². The van der Waals surface area contributed by atoms with Crippen molar-refractivity contribution in [3.8, 4) is 11.8 Å². The van der Waals surface area contributed by atoms with Gasteiger partial charge in [-0.2, -0.15) is 0 Å². The molecule has 0 atom stereocenters. The van der Waals surface area contributed by atoms with E-state index in [0.717, 1.165) is 20.9 Å². The largest absolute Gasteiger partial charge is 0.395 e. The van der Waals surface area contributed by atoms with E-state index in [-0.39, 0.29) is 6.61 Å². The zero-order valence-corrected chi connectivity index (χ0v) is 10.7. The Morgan fingerprint density at radius 3 is 3.18 bits per heavy atom. The van der Waals surface area contributed by atoms with Gasteiger partial charge in [-0.1, -0.05) is 11.8 Å². The van der Waals surface area contributed by atoms with Crippen LogP contribution < -0.4 is 5.32 Å². The summed E-state index contributed by atoms with van der Waals surface area (Å²) in [5.74, 6) is 6.09. The van der Waals surface area contributed by atoms with Crippen LogP contribution in [-0.2, 0) is 0 Å². The molecular formula is C12H12BrN3O. The molecule has 4 nitrogen and oxygen atoms in total. The van der Waals surface area contributed by atoms with Crippen molar-refractivity contribution in [1.29, 1.82) is 0 Å². The van der Waals surface area contributed by atoms with E-state index in [1.807, 2.05) is 6.20 Å². The molecule has 0 spiro atoms. The molecule has 0 unspecified atom stereocenters. The summed E-state index contributed by atoms with van der Waals surface area (Å²) in [6, 6.07) is 0. The Morgan fingerprint density at radius 1 is 1.47 bits per heavy atom. The van der Waals surface area contributed by atoms with Crippen molar-refractivity contribution < 1.29 is 5.11 Å². The Bertz CT molecular complexity index is 568. The number of H-pyrrole nitrogens is 1. The van der Waals surface area contributed by atoms with Gasteiger partial charge in [-0.25, -0.2) is 0 Å². The van der Waals surface area contributed by atoms with Crippen molar-refractivity contribution in [2.24, 2.45) is 0 Å². The third-order valence-corrected chi connectivity index (χ3v) is 2.87. The molecule has 0 saturated heterocycles. The molecule has 2 rings (SSSR count). The van der Waals surface area contributed by atoms with Crippen molar-refractivity contribution in [1.82, 2.24) is 15.3 Å². The van der Waals surface area contributed by atoms with E-state index < -0.39 is 0 Å². The molecule has 0 aliphatic heterocycles. The molecule has 2 heterocycles. The van der Waals surface area contributed by atoms with E-state index in [0.29, 0.717) is 13.1 Å². The Morgan fingerprint density at radius 2 is 2.35 bits per heavy atom. The molecule has 0 saturated carbocycles. The first-order valence-corrected chi connectivity index (χ1v) is 6.03. The number of aromatic nitrogens is 2. The van der Waals surface area contributed by atoms with Crippen LogP contribution in [-0.4, -0.2) is 34.8 Å². The van der Waals surface area contributed by atoms with Gasteiger partial charge in [-0.3, -0.25) is 4.98 Å². The number of hydrogen-bond donors (Lipinski definition) is 3. The number of fused-ring (bicyclic) bond motifs is 1. The molecule has 0 radical (unpaired) electrons. The van der Waals surface area contributed by atoms with E-state index in [1.165, 1.54) is 0 Å². The minimum Gasteiger partial charge on any atom is -0.395 e. The molecule has 5 heteroatoms. The predicted octanol–water partition coefficient (Wildman–Crippen LogP) is 1.26. The zero-order chi connectivity index (χ0) is 12.1. The summed E-state index contributed by atoms with van der Waals surface area (Å²) in [4.78, 5) is 7.21. The minimum absolute atomic E-state index is 0.131. The fourth-order valence-corrected chi connectivity index (χ4v) is 2.05. The highest BCUT2D eigenvalue weighted by molar-refractivity contribution is 9.10. The standard InChI is InChI=1S/C12H12BrN3O/c13-10-7-15-8-11-12(10)9(6-16-11)2-1-3-14-4-5-17/h6-8,14,16-17H,3-5H2. The molecular weight excluding hydrogens is 282 g/mol. The Balaban J connectivity index is 2.19. The van der Waals surface area contributed by atoms with Gasteiger partial charge >= 0.3 is 0 Å². The maximum Gasteiger partial charge on any atom is 0.0664 e. The maximum atomic E-state index is 8.60. The number of nitrogens with one attached hydrogen (secondary N) is 2. The average molecular weight is 294 g/mol. The van der Waals surface area contributed by atoms with Gasteiger partial charge in [0.05, 0.1) is 30.4 Å². The lowest BCUT2D eigenvalue weighted by molar-refractivity contribution is 0.295. The molecule has 0 aromatic carbocycles. The molecule has 0 fully saturated rings. The Hall–Kier alpha value is -1.35. The molecule has 0 bridgehead atoms. The lowest BCUT2D eigenvalue weighted by atomic mass is 10.2. The second-order valence-electron chi connectivity index (χ2n) is 3.45. The van der Waals surface area contributed by atoms with Gasteiger partial charge in [0, 0.05) is 28.8 Å². The van der Waals surface area contributed by atoms with Gasteiger partial charge in [0.2, 0.25) is 0 Å². The minimum atomic E-state index is 0.131. The topological polar surface area (TPSA) is 60.9 Å². The van der Waals surface area contributed by atoms with E-state index >= 15 is 0 Å². The molecule has 0 aliphatic carbocycles. The first kappa shape index (κ1) is 12.1. The quantitative estimate of drug-likeness (QED) is 0.590. The molecule has 0 aliphatic rings. The van der Waals surface area contributed by atoms with Crippen molar-refractivity contribution >= 4 is 26.8 Å². The van der Waals surface area contributed by atoms with Gasteiger partial charge in [-0.05, 0) is 15.9 Å². The third kappa shape index (κ3) is 2.86. The van der Waals surface area contributed by atoms with Crippen molar-refractivity contribution in [2.75, 3.05) is 19.7 Å². The number of aliphatic hydroxyl groups is 1. The van der Waals surface area contributed by atoms with Crippen molar-refractivity contribution in [3.05, 3.63) is 28.6 Å². The summed E-state index contributed by atoms with van der Waals surface area (Å²) >= 11 is 3.46. The predicted molar refractivity (Wildman–Crippen MR) is 70.6 cm³/mol. The van der Waals surface area contributed by atoms with Crippen molar-refractivity contribution in [3.63, 3.8) is 0 Å². The zero-order valence-electron chi connectivity index (χ0n) is 9.13. The van der Waals surface area contributed by atoms with Gasteiger partial charge < -0.3 is 15.4 Å². The van der Waals surface area contributed by atoms with Crippen LogP contribution >= 0.6 is 15.9 Å². The van der Waals surface area contributed by atoms with E-state index in [4.69, 9.17) is 5.11 Å². The SMILES string of the molecule is OCCNCC#Cc1c[nH]c2cncc(Br)c12. The van der Waals surface area contributed by atoms with Crippen molar-refractivity contribution in [2.45, 2.75) is 0 Å². The number of halogens is 1. The Labute approximate surface area is 108 Å². The fourth-order valence-electron chi connectivity index (χ4n) is 1.51. The molecule has 17 heavy (non-hydrogen) atoms. The summed E-state index contributed by atoms with van der Waals surface area (Å²) < 4.78 is 0.934. The number of pyridine rings is 1. The second kappa shape index (κ2) is 5.82. The normalized spacial score (nSPS) is 10.2. The number of hydrogen-bond acceptors (Lipinski definition) is 3. The number of nitrogens with zero attached hydrogens (tertiary/aromatic N) is 1. The lowest BCUT2D eigenvalue weighted by Crippen LogP contribution is -2.17. The molecule has 2 aromatic rings. The highest BCUT2D eigenvalue weighted by Crippen LogP contribution is 2.24. The van der Waals surface area contributed by atoms with Crippen LogP contribution in [0.4, 0.5) is 0 Å². The third-order valence-electron chi connectivity index (χ3n) is 2.27. The highest BCUT2D eigenvalue weighted by Gasteiger charge is 2.04. The van der Waals surface area contributed by atoms with E-state index in [9.17, 15) is 0 Å². The van der Waals surface area contributed by atoms with Crippen LogP contribution in [0, 0.1) is 11.8 Å². The monoisotopic (exact) mass is 293 g/mol. The van der Waals surface area contributed by atoms with Gasteiger partial charge in [0.1, 0.15) is 0 Å². The first-order valence-electron chi connectivity index (χ1n) is 5.24. The van der Waals surface area contributed by atoms with Crippen LogP contribution in [0.25, 0.3) is 10.9 Å². The summed E-state index contributed by atoms with van der Waals surface area (Å²) in [5.41, 5.74) is 1.91. The summed E-state index contributed by atoms with van der Waals surface area (Å²) in [7, 11) is 0.